The van der Waals surface area contributed by atoms with Gasteiger partial charge in [0.25, 0.3) is 5.91 Å². The number of carboxylic acid groups (broad SMARTS) is 1. The van der Waals surface area contributed by atoms with Crippen molar-refractivity contribution in [1.82, 2.24) is 9.80 Å². The molecule has 31 heavy (non-hydrogen) atoms. The predicted octanol–water partition coefficient (Wildman–Crippen LogP) is 2.76. The number of amidine groups is 1. The summed E-state index contributed by atoms with van der Waals surface area (Å²) in [6.07, 6.45) is 0.762. The summed E-state index contributed by atoms with van der Waals surface area (Å²) >= 11 is 1.91. The number of anilines is 1. The van der Waals surface area contributed by atoms with Crippen LogP contribution in [0.5, 0.6) is 0 Å². The van der Waals surface area contributed by atoms with Gasteiger partial charge in [-0.3, -0.25) is 19.9 Å². The number of thioether (sulfide) groups is 1. The molecule has 1 fully saturated rings. The minimum absolute atomic E-state index is 0.0438. The number of benzene rings is 2. The number of amides is 1. The smallest absolute Gasteiger partial charge is 0.317 e. The summed E-state index contributed by atoms with van der Waals surface area (Å²) in [4.78, 5) is 27.6. The topological polar surface area (TPSA) is 96.7 Å². The van der Waals surface area contributed by atoms with Crippen molar-refractivity contribution in [2.75, 3.05) is 43.0 Å². The first-order valence-corrected chi connectivity index (χ1v) is 11.5. The molecule has 0 spiro atoms. The van der Waals surface area contributed by atoms with E-state index in [1.807, 2.05) is 47.0 Å². The van der Waals surface area contributed by atoms with Gasteiger partial charge in [0, 0.05) is 54.5 Å². The number of carbonyl (C=O) groups is 2. The molecule has 0 bridgehead atoms. The van der Waals surface area contributed by atoms with Crippen LogP contribution in [-0.4, -0.2) is 70.3 Å². The van der Waals surface area contributed by atoms with Crippen molar-refractivity contribution in [3.8, 4) is 0 Å². The Labute approximate surface area is 185 Å². The van der Waals surface area contributed by atoms with Gasteiger partial charge < -0.3 is 15.3 Å². The monoisotopic (exact) mass is 438 g/mol. The average molecular weight is 439 g/mol. The van der Waals surface area contributed by atoms with Gasteiger partial charge in [-0.05, 0) is 41.8 Å². The Hall–Kier alpha value is -2.84. The first kappa shape index (κ1) is 21.4. The van der Waals surface area contributed by atoms with E-state index in [0.29, 0.717) is 24.5 Å². The molecule has 2 aromatic carbocycles. The van der Waals surface area contributed by atoms with E-state index < -0.39 is 5.97 Å². The number of hydrogen-bond donors (Lipinski definition) is 3. The van der Waals surface area contributed by atoms with Gasteiger partial charge in [-0.25, -0.2) is 0 Å². The van der Waals surface area contributed by atoms with Crippen LogP contribution in [0.1, 0.15) is 27.0 Å². The van der Waals surface area contributed by atoms with E-state index in [0.717, 1.165) is 53.4 Å². The predicted molar refractivity (Wildman–Crippen MR) is 123 cm³/mol. The van der Waals surface area contributed by atoms with E-state index in [1.54, 1.807) is 12.1 Å². The van der Waals surface area contributed by atoms with E-state index in [-0.39, 0.29) is 12.5 Å². The number of hydrogen-bond acceptors (Lipinski definition) is 5. The second-order valence-corrected chi connectivity index (χ2v) is 9.04. The molecule has 2 heterocycles. The van der Waals surface area contributed by atoms with Gasteiger partial charge in [0.2, 0.25) is 0 Å². The molecular weight excluding hydrogens is 412 g/mol. The fraction of sp³-hybridized carbons (Fsp3) is 0.348. The van der Waals surface area contributed by atoms with Crippen molar-refractivity contribution in [3.63, 3.8) is 0 Å². The Morgan fingerprint density at radius 1 is 1.00 bits per heavy atom. The Morgan fingerprint density at radius 3 is 2.42 bits per heavy atom. The molecule has 2 aliphatic rings. The van der Waals surface area contributed by atoms with Crippen LogP contribution in [0.25, 0.3) is 0 Å². The van der Waals surface area contributed by atoms with Crippen molar-refractivity contribution in [3.05, 3.63) is 64.7 Å². The van der Waals surface area contributed by atoms with Crippen LogP contribution < -0.4 is 5.32 Å². The zero-order valence-corrected chi connectivity index (χ0v) is 18.1. The zero-order chi connectivity index (χ0) is 21.8. The summed E-state index contributed by atoms with van der Waals surface area (Å²) in [7, 11) is 0. The second kappa shape index (κ2) is 9.53. The largest absolute Gasteiger partial charge is 0.480 e. The number of carboxylic acids is 1. The normalized spacial score (nSPS) is 16.5. The van der Waals surface area contributed by atoms with E-state index in [4.69, 9.17) is 10.5 Å². The SMILES string of the molecule is N=C(c1ccc(C(=O)Nc2ccc3c(c2)CCN(CC(=O)O)C3)cc1)N1CCSCC1. The zero-order valence-electron chi connectivity index (χ0n) is 17.3. The van der Waals surface area contributed by atoms with Crippen LogP contribution >= 0.6 is 11.8 Å². The Kier molecular flexibility index (Phi) is 6.58. The van der Waals surface area contributed by atoms with Gasteiger partial charge in [0.1, 0.15) is 5.84 Å². The summed E-state index contributed by atoms with van der Waals surface area (Å²) in [6.45, 7) is 3.12. The van der Waals surface area contributed by atoms with Crippen molar-refractivity contribution >= 4 is 35.2 Å². The van der Waals surface area contributed by atoms with Crippen molar-refractivity contribution < 1.29 is 14.7 Å². The second-order valence-electron chi connectivity index (χ2n) is 7.82. The fourth-order valence-electron chi connectivity index (χ4n) is 3.97. The molecular formula is C23H26N4O3S. The number of rotatable bonds is 5. The highest BCUT2D eigenvalue weighted by atomic mass is 32.2. The van der Waals surface area contributed by atoms with Crippen LogP contribution in [0.3, 0.4) is 0 Å². The number of fused-ring (bicyclic) bond motifs is 1. The average Bonchev–Trinajstić information content (AvgIpc) is 2.79. The molecule has 3 N–H and O–H groups in total. The van der Waals surface area contributed by atoms with Crippen molar-refractivity contribution in [2.24, 2.45) is 0 Å². The molecule has 162 valence electrons. The molecule has 7 nitrogen and oxygen atoms in total. The van der Waals surface area contributed by atoms with Crippen LogP contribution in [0.2, 0.25) is 0 Å². The summed E-state index contributed by atoms with van der Waals surface area (Å²) in [5, 5.41) is 20.3. The summed E-state index contributed by atoms with van der Waals surface area (Å²) in [5.74, 6) is 1.60. The molecule has 0 atom stereocenters. The first-order valence-electron chi connectivity index (χ1n) is 10.4. The highest BCUT2D eigenvalue weighted by Gasteiger charge is 2.19. The van der Waals surface area contributed by atoms with Gasteiger partial charge in [-0.1, -0.05) is 18.2 Å². The van der Waals surface area contributed by atoms with E-state index in [2.05, 4.69) is 10.2 Å². The Bertz CT molecular complexity index is 987. The molecule has 0 radical (unpaired) electrons. The number of nitrogens with zero attached hydrogens (tertiary/aromatic N) is 2. The fourth-order valence-corrected chi connectivity index (χ4v) is 4.87. The first-order chi connectivity index (χ1) is 15.0. The summed E-state index contributed by atoms with van der Waals surface area (Å²) < 4.78 is 0. The molecule has 1 saturated heterocycles. The van der Waals surface area contributed by atoms with Crippen LogP contribution in [0.4, 0.5) is 5.69 Å². The molecule has 1 amide bonds. The van der Waals surface area contributed by atoms with E-state index >= 15 is 0 Å². The van der Waals surface area contributed by atoms with Crippen molar-refractivity contribution in [2.45, 2.75) is 13.0 Å². The summed E-state index contributed by atoms with van der Waals surface area (Å²) in [5.41, 5.74) is 4.35. The Morgan fingerprint density at radius 2 is 1.71 bits per heavy atom. The Balaban J connectivity index is 1.38. The lowest BCUT2D eigenvalue weighted by molar-refractivity contribution is -0.138. The number of nitrogens with one attached hydrogen (secondary N) is 2. The molecule has 2 aliphatic heterocycles. The lowest BCUT2D eigenvalue weighted by Gasteiger charge is -2.28. The molecule has 8 heteroatoms. The summed E-state index contributed by atoms with van der Waals surface area (Å²) in [6, 6.07) is 13.0. The molecule has 0 saturated carbocycles. The molecule has 0 aliphatic carbocycles. The lowest BCUT2D eigenvalue weighted by atomic mass is 9.99. The number of carbonyl (C=O) groups excluding carboxylic acids is 1. The molecule has 0 unspecified atom stereocenters. The quantitative estimate of drug-likeness (QED) is 0.491. The van der Waals surface area contributed by atoms with Gasteiger partial charge in [0.05, 0.1) is 6.54 Å². The van der Waals surface area contributed by atoms with Gasteiger partial charge in [-0.15, -0.1) is 0 Å². The van der Waals surface area contributed by atoms with Gasteiger partial charge >= 0.3 is 5.97 Å². The van der Waals surface area contributed by atoms with E-state index in [1.165, 1.54) is 0 Å². The number of aliphatic carboxylic acids is 1. The minimum Gasteiger partial charge on any atom is -0.480 e. The molecule has 2 aromatic rings. The highest BCUT2D eigenvalue weighted by molar-refractivity contribution is 7.99. The molecule has 4 rings (SSSR count). The maximum absolute atomic E-state index is 12.7. The van der Waals surface area contributed by atoms with Gasteiger partial charge in [-0.2, -0.15) is 11.8 Å². The third kappa shape index (κ3) is 5.26. The van der Waals surface area contributed by atoms with Gasteiger partial charge in [0.15, 0.2) is 0 Å². The third-order valence-electron chi connectivity index (χ3n) is 5.66. The van der Waals surface area contributed by atoms with Crippen molar-refractivity contribution in [1.29, 1.82) is 5.41 Å². The minimum atomic E-state index is -0.816. The maximum atomic E-state index is 12.7. The van der Waals surface area contributed by atoms with Crippen LogP contribution in [-0.2, 0) is 17.8 Å². The third-order valence-corrected chi connectivity index (χ3v) is 6.60. The maximum Gasteiger partial charge on any atom is 0.317 e. The standard InChI is InChI=1S/C23H26N4O3S/c24-22(27-9-11-31-12-10-27)16-1-3-17(4-2-16)23(30)25-20-6-5-19-14-26(15-21(28)29)8-7-18(19)13-20/h1-6,13,24H,7-12,14-15H2,(H,25,30)(H,28,29). The van der Waals surface area contributed by atoms with E-state index in [9.17, 15) is 9.59 Å². The lowest BCUT2D eigenvalue weighted by Crippen LogP contribution is -2.37. The van der Waals surface area contributed by atoms with Crippen LogP contribution in [0.15, 0.2) is 42.5 Å². The van der Waals surface area contributed by atoms with Crippen LogP contribution in [0, 0.1) is 5.41 Å². The molecule has 0 aromatic heterocycles. The highest BCUT2D eigenvalue weighted by Crippen LogP contribution is 2.23.